The minimum atomic E-state index is 0.364. The van der Waals surface area contributed by atoms with Gasteiger partial charge in [0.1, 0.15) is 0 Å². The highest BCUT2D eigenvalue weighted by Gasteiger charge is 2.15. The zero-order valence-corrected chi connectivity index (χ0v) is 9.84. The van der Waals surface area contributed by atoms with Gasteiger partial charge in [-0.25, -0.2) is 0 Å². The molecule has 2 N–H and O–H groups in total. The molecule has 1 saturated carbocycles. The Bertz CT molecular complexity index is 141. The largest absolute Gasteiger partial charge is 0.327 e. The third kappa shape index (κ3) is 4.43. The van der Waals surface area contributed by atoms with Crippen LogP contribution in [0.4, 0.5) is 0 Å². The quantitative estimate of drug-likeness (QED) is 0.734. The van der Waals surface area contributed by atoms with Gasteiger partial charge in [0.25, 0.3) is 0 Å². The Hall–Kier alpha value is -0.0800. The SMILES string of the molecule is CCC(N)CN(C)CC1CCCCC1. The van der Waals surface area contributed by atoms with Crippen LogP contribution in [0.5, 0.6) is 0 Å². The van der Waals surface area contributed by atoms with E-state index in [1.54, 1.807) is 0 Å². The minimum absolute atomic E-state index is 0.364. The van der Waals surface area contributed by atoms with E-state index in [1.807, 2.05) is 0 Å². The Morgan fingerprint density at radius 2 is 1.93 bits per heavy atom. The lowest BCUT2D eigenvalue weighted by Gasteiger charge is -2.28. The molecule has 2 heteroatoms. The van der Waals surface area contributed by atoms with Crippen LogP contribution in [0.3, 0.4) is 0 Å². The van der Waals surface area contributed by atoms with Crippen LogP contribution in [0.1, 0.15) is 45.4 Å². The maximum absolute atomic E-state index is 5.94. The van der Waals surface area contributed by atoms with E-state index < -0.39 is 0 Å². The lowest BCUT2D eigenvalue weighted by atomic mass is 9.89. The first-order valence-corrected chi connectivity index (χ1v) is 6.16. The van der Waals surface area contributed by atoms with E-state index in [-0.39, 0.29) is 0 Å². The number of hydrogen-bond donors (Lipinski definition) is 1. The fourth-order valence-electron chi connectivity index (χ4n) is 2.41. The molecule has 1 fully saturated rings. The van der Waals surface area contributed by atoms with Gasteiger partial charge < -0.3 is 10.6 Å². The predicted octanol–water partition coefficient (Wildman–Crippen LogP) is 2.24. The molecule has 0 spiro atoms. The second-order valence-electron chi connectivity index (χ2n) is 4.89. The van der Waals surface area contributed by atoms with Crippen molar-refractivity contribution in [2.24, 2.45) is 11.7 Å². The van der Waals surface area contributed by atoms with Crippen molar-refractivity contribution in [3.05, 3.63) is 0 Å². The van der Waals surface area contributed by atoms with Crippen molar-refractivity contribution in [3.8, 4) is 0 Å². The maximum atomic E-state index is 5.94. The summed E-state index contributed by atoms with van der Waals surface area (Å²) in [5, 5.41) is 0. The van der Waals surface area contributed by atoms with Gasteiger partial charge >= 0.3 is 0 Å². The molecule has 1 atom stereocenters. The van der Waals surface area contributed by atoms with Crippen LogP contribution in [0.2, 0.25) is 0 Å². The summed E-state index contributed by atoms with van der Waals surface area (Å²) in [5.41, 5.74) is 5.94. The molecule has 2 nitrogen and oxygen atoms in total. The fraction of sp³-hybridized carbons (Fsp3) is 1.00. The Kier molecular flexibility index (Phi) is 5.49. The van der Waals surface area contributed by atoms with E-state index in [2.05, 4.69) is 18.9 Å². The number of nitrogens with two attached hydrogens (primary N) is 1. The molecule has 0 saturated heterocycles. The molecule has 0 radical (unpaired) electrons. The second-order valence-corrected chi connectivity index (χ2v) is 4.89. The molecule has 0 amide bonds. The van der Waals surface area contributed by atoms with Crippen LogP contribution >= 0.6 is 0 Å². The van der Waals surface area contributed by atoms with Crippen LogP contribution < -0.4 is 5.73 Å². The summed E-state index contributed by atoms with van der Waals surface area (Å²) in [6.45, 7) is 4.49. The molecule has 0 aromatic rings. The molecule has 1 aliphatic carbocycles. The van der Waals surface area contributed by atoms with Crippen LogP contribution in [0.15, 0.2) is 0 Å². The summed E-state index contributed by atoms with van der Waals surface area (Å²) in [7, 11) is 2.21. The normalized spacial score (nSPS) is 21.4. The van der Waals surface area contributed by atoms with Crippen LogP contribution in [-0.2, 0) is 0 Å². The molecule has 1 aliphatic rings. The van der Waals surface area contributed by atoms with Gasteiger partial charge in [-0.2, -0.15) is 0 Å². The maximum Gasteiger partial charge on any atom is 0.0165 e. The Morgan fingerprint density at radius 3 is 2.50 bits per heavy atom. The summed E-state index contributed by atoms with van der Waals surface area (Å²) in [6, 6.07) is 0.364. The first-order chi connectivity index (χ1) is 6.72. The van der Waals surface area contributed by atoms with Gasteiger partial charge in [0, 0.05) is 19.1 Å². The number of rotatable bonds is 5. The van der Waals surface area contributed by atoms with Crippen LogP contribution in [-0.4, -0.2) is 31.1 Å². The van der Waals surface area contributed by atoms with Crippen molar-refractivity contribution in [3.63, 3.8) is 0 Å². The van der Waals surface area contributed by atoms with E-state index in [0.29, 0.717) is 6.04 Å². The van der Waals surface area contributed by atoms with Crippen molar-refractivity contribution in [2.75, 3.05) is 20.1 Å². The monoisotopic (exact) mass is 198 g/mol. The van der Waals surface area contributed by atoms with Gasteiger partial charge in [0.05, 0.1) is 0 Å². The summed E-state index contributed by atoms with van der Waals surface area (Å²) in [5.74, 6) is 0.942. The van der Waals surface area contributed by atoms with Gasteiger partial charge in [0.2, 0.25) is 0 Å². The van der Waals surface area contributed by atoms with E-state index in [4.69, 9.17) is 5.73 Å². The van der Waals surface area contributed by atoms with Gasteiger partial charge in [-0.05, 0) is 32.2 Å². The lowest BCUT2D eigenvalue weighted by molar-refractivity contribution is 0.223. The van der Waals surface area contributed by atoms with Crippen molar-refractivity contribution < 1.29 is 0 Å². The topological polar surface area (TPSA) is 29.3 Å². The van der Waals surface area contributed by atoms with Crippen molar-refractivity contribution in [1.29, 1.82) is 0 Å². The lowest BCUT2D eigenvalue weighted by Crippen LogP contribution is -2.37. The molecule has 14 heavy (non-hydrogen) atoms. The molecule has 0 bridgehead atoms. The van der Waals surface area contributed by atoms with E-state index in [9.17, 15) is 0 Å². The molecular weight excluding hydrogens is 172 g/mol. The van der Waals surface area contributed by atoms with E-state index in [1.165, 1.54) is 38.6 Å². The Morgan fingerprint density at radius 1 is 1.29 bits per heavy atom. The van der Waals surface area contributed by atoms with Gasteiger partial charge in [-0.3, -0.25) is 0 Å². The molecule has 0 aromatic carbocycles. The molecule has 1 rings (SSSR count). The molecular formula is C12H26N2. The summed E-state index contributed by atoms with van der Waals surface area (Å²) >= 11 is 0. The second kappa shape index (κ2) is 6.41. The van der Waals surface area contributed by atoms with Crippen molar-refractivity contribution in [2.45, 2.75) is 51.5 Å². The van der Waals surface area contributed by atoms with E-state index >= 15 is 0 Å². The highest BCUT2D eigenvalue weighted by atomic mass is 15.1. The van der Waals surface area contributed by atoms with Gasteiger partial charge in [-0.1, -0.05) is 26.2 Å². The van der Waals surface area contributed by atoms with Gasteiger partial charge in [0.15, 0.2) is 0 Å². The smallest absolute Gasteiger partial charge is 0.0165 e. The molecule has 0 heterocycles. The zero-order chi connectivity index (χ0) is 10.4. The average Bonchev–Trinajstić information content (AvgIpc) is 2.19. The summed E-state index contributed by atoms with van der Waals surface area (Å²) in [6.07, 6.45) is 8.30. The predicted molar refractivity (Wildman–Crippen MR) is 62.3 cm³/mol. The number of hydrogen-bond acceptors (Lipinski definition) is 2. The third-order valence-electron chi connectivity index (χ3n) is 3.37. The standard InChI is InChI=1S/C12H26N2/c1-3-12(13)10-14(2)9-11-7-5-4-6-8-11/h11-12H,3-10,13H2,1-2H3. The number of nitrogens with zero attached hydrogens (tertiary/aromatic N) is 1. The van der Waals surface area contributed by atoms with Crippen molar-refractivity contribution in [1.82, 2.24) is 4.90 Å². The minimum Gasteiger partial charge on any atom is -0.327 e. The molecule has 0 aromatic heterocycles. The third-order valence-corrected chi connectivity index (χ3v) is 3.37. The summed E-state index contributed by atoms with van der Waals surface area (Å²) in [4.78, 5) is 2.42. The Labute approximate surface area is 88.8 Å². The Balaban J connectivity index is 2.14. The number of likely N-dealkylation sites (N-methyl/N-ethyl adjacent to an activating group) is 1. The van der Waals surface area contributed by atoms with Crippen LogP contribution in [0.25, 0.3) is 0 Å². The van der Waals surface area contributed by atoms with Crippen LogP contribution in [0, 0.1) is 5.92 Å². The fourth-order valence-corrected chi connectivity index (χ4v) is 2.41. The first kappa shape index (κ1) is 12.0. The zero-order valence-electron chi connectivity index (χ0n) is 9.84. The molecule has 84 valence electrons. The summed E-state index contributed by atoms with van der Waals surface area (Å²) < 4.78 is 0. The van der Waals surface area contributed by atoms with Crippen molar-refractivity contribution >= 4 is 0 Å². The highest BCUT2D eigenvalue weighted by molar-refractivity contribution is 4.71. The average molecular weight is 198 g/mol. The van der Waals surface area contributed by atoms with Gasteiger partial charge in [-0.15, -0.1) is 0 Å². The molecule has 1 unspecified atom stereocenters. The first-order valence-electron chi connectivity index (χ1n) is 6.16. The van der Waals surface area contributed by atoms with E-state index in [0.717, 1.165) is 18.9 Å². The highest BCUT2D eigenvalue weighted by Crippen LogP contribution is 2.23. The molecule has 0 aliphatic heterocycles.